The lowest BCUT2D eigenvalue weighted by Crippen LogP contribution is -2.40. The molecule has 2 N–H and O–H groups in total. The first-order valence-corrected chi connectivity index (χ1v) is 5.92. The van der Waals surface area contributed by atoms with Crippen LogP contribution in [0.15, 0.2) is 0 Å². The zero-order valence-electron chi connectivity index (χ0n) is 7.95. The molecule has 1 heterocycles. The number of aliphatic hydroxyl groups is 1. The molecule has 2 atom stereocenters. The lowest BCUT2D eigenvalue weighted by atomic mass is 10.1. The predicted molar refractivity (Wildman–Crippen MR) is 54.7 cm³/mol. The van der Waals surface area contributed by atoms with E-state index in [0.717, 1.165) is 24.3 Å². The number of carbonyl (C=O) groups excluding carboxylic acids is 1. The van der Waals surface area contributed by atoms with Gasteiger partial charge in [0.05, 0.1) is 12.6 Å². The maximum Gasteiger partial charge on any atom is 0.224 e. The lowest BCUT2D eigenvalue weighted by Gasteiger charge is -2.16. The highest BCUT2D eigenvalue weighted by Crippen LogP contribution is 2.23. The molecule has 1 aliphatic rings. The zero-order chi connectivity index (χ0) is 9.68. The summed E-state index contributed by atoms with van der Waals surface area (Å²) in [5.74, 6) is 2.32. The van der Waals surface area contributed by atoms with Crippen molar-refractivity contribution in [3.63, 3.8) is 0 Å². The second-order valence-corrected chi connectivity index (χ2v) is 4.51. The Morgan fingerprint density at radius 3 is 3.00 bits per heavy atom. The van der Waals surface area contributed by atoms with Gasteiger partial charge in [0, 0.05) is 11.7 Å². The van der Waals surface area contributed by atoms with Gasteiger partial charge in [-0.3, -0.25) is 4.79 Å². The molecule has 13 heavy (non-hydrogen) atoms. The van der Waals surface area contributed by atoms with Crippen LogP contribution in [0.5, 0.6) is 0 Å². The van der Waals surface area contributed by atoms with Gasteiger partial charge >= 0.3 is 0 Å². The van der Waals surface area contributed by atoms with E-state index in [9.17, 15) is 4.79 Å². The van der Waals surface area contributed by atoms with Crippen molar-refractivity contribution < 1.29 is 9.90 Å². The van der Waals surface area contributed by atoms with Gasteiger partial charge in [-0.15, -0.1) is 0 Å². The molecule has 0 aromatic carbocycles. The second kappa shape index (κ2) is 5.50. The third-order valence-electron chi connectivity index (χ3n) is 2.36. The summed E-state index contributed by atoms with van der Waals surface area (Å²) >= 11 is 1.83. The van der Waals surface area contributed by atoms with E-state index < -0.39 is 0 Å². The van der Waals surface area contributed by atoms with Crippen molar-refractivity contribution in [1.82, 2.24) is 5.32 Å². The molecule has 4 heteroatoms. The van der Waals surface area contributed by atoms with E-state index in [1.807, 2.05) is 18.7 Å². The fourth-order valence-electron chi connectivity index (χ4n) is 1.34. The first kappa shape index (κ1) is 10.9. The Balaban J connectivity index is 2.30. The van der Waals surface area contributed by atoms with Crippen LogP contribution in [-0.2, 0) is 4.79 Å². The minimum Gasteiger partial charge on any atom is -0.394 e. The highest BCUT2D eigenvalue weighted by molar-refractivity contribution is 7.99. The molecule has 0 aromatic rings. The van der Waals surface area contributed by atoms with E-state index in [4.69, 9.17) is 5.11 Å². The SMILES string of the molecule is CCC(CO)NC(=O)C1CCSC1. The molecule has 1 rings (SSSR count). The molecule has 0 bridgehead atoms. The van der Waals surface area contributed by atoms with Crippen molar-refractivity contribution in [2.45, 2.75) is 25.8 Å². The molecular formula is C9H17NO2S. The van der Waals surface area contributed by atoms with Crippen LogP contribution in [-0.4, -0.2) is 35.2 Å². The maximum absolute atomic E-state index is 11.5. The number of aliphatic hydroxyl groups excluding tert-OH is 1. The number of carbonyl (C=O) groups is 1. The summed E-state index contributed by atoms with van der Waals surface area (Å²) in [5, 5.41) is 11.8. The van der Waals surface area contributed by atoms with Crippen LogP contribution < -0.4 is 5.32 Å². The molecule has 0 radical (unpaired) electrons. The second-order valence-electron chi connectivity index (χ2n) is 3.36. The molecule has 1 amide bonds. The highest BCUT2D eigenvalue weighted by atomic mass is 32.2. The quantitative estimate of drug-likeness (QED) is 0.704. The van der Waals surface area contributed by atoms with Crippen molar-refractivity contribution in [1.29, 1.82) is 0 Å². The van der Waals surface area contributed by atoms with E-state index in [1.54, 1.807) is 0 Å². The van der Waals surface area contributed by atoms with Gasteiger partial charge in [-0.1, -0.05) is 6.92 Å². The predicted octanol–water partition coefficient (Wildman–Crippen LogP) is 0.627. The number of hydrogen-bond donors (Lipinski definition) is 2. The van der Waals surface area contributed by atoms with Crippen molar-refractivity contribution >= 4 is 17.7 Å². The van der Waals surface area contributed by atoms with Crippen molar-refractivity contribution in [3.8, 4) is 0 Å². The van der Waals surface area contributed by atoms with E-state index in [0.29, 0.717) is 0 Å². The number of amides is 1. The molecule has 76 valence electrons. The minimum absolute atomic E-state index is 0.0438. The lowest BCUT2D eigenvalue weighted by molar-refractivity contribution is -0.125. The molecule has 3 nitrogen and oxygen atoms in total. The molecule has 2 unspecified atom stereocenters. The van der Waals surface area contributed by atoms with Gasteiger partial charge in [0.1, 0.15) is 0 Å². The van der Waals surface area contributed by atoms with Crippen LogP contribution in [0.4, 0.5) is 0 Å². The van der Waals surface area contributed by atoms with Gasteiger partial charge < -0.3 is 10.4 Å². The van der Waals surface area contributed by atoms with E-state index >= 15 is 0 Å². The first-order valence-electron chi connectivity index (χ1n) is 4.77. The summed E-state index contributed by atoms with van der Waals surface area (Å²) in [6.07, 6.45) is 1.78. The van der Waals surface area contributed by atoms with Gasteiger partial charge in [0.15, 0.2) is 0 Å². The van der Waals surface area contributed by atoms with E-state index in [1.165, 1.54) is 0 Å². The van der Waals surface area contributed by atoms with Crippen LogP contribution in [0.3, 0.4) is 0 Å². The molecule has 0 aliphatic carbocycles. The topological polar surface area (TPSA) is 49.3 Å². The summed E-state index contributed by atoms with van der Waals surface area (Å²) in [6, 6.07) is -0.0573. The molecule has 0 aromatic heterocycles. The van der Waals surface area contributed by atoms with Crippen molar-refractivity contribution in [3.05, 3.63) is 0 Å². The fourth-order valence-corrected chi connectivity index (χ4v) is 2.56. The molecule has 1 aliphatic heterocycles. The smallest absolute Gasteiger partial charge is 0.224 e. The van der Waals surface area contributed by atoms with Crippen LogP contribution in [0.2, 0.25) is 0 Å². The average molecular weight is 203 g/mol. The van der Waals surface area contributed by atoms with Gasteiger partial charge in [-0.2, -0.15) is 11.8 Å². The van der Waals surface area contributed by atoms with Gasteiger partial charge in [-0.05, 0) is 18.6 Å². The summed E-state index contributed by atoms with van der Waals surface area (Å²) < 4.78 is 0. The Morgan fingerprint density at radius 1 is 1.77 bits per heavy atom. The number of nitrogens with one attached hydrogen (secondary N) is 1. The molecule has 0 spiro atoms. The van der Waals surface area contributed by atoms with Crippen LogP contribution in [0, 0.1) is 5.92 Å². The van der Waals surface area contributed by atoms with Crippen LogP contribution >= 0.6 is 11.8 Å². The molecular weight excluding hydrogens is 186 g/mol. The Labute approximate surface area is 83.3 Å². The van der Waals surface area contributed by atoms with Crippen molar-refractivity contribution in [2.75, 3.05) is 18.1 Å². The molecule has 1 saturated heterocycles. The van der Waals surface area contributed by atoms with Crippen molar-refractivity contribution in [2.24, 2.45) is 5.92 Å². The summed E-state index contributed by atoms with van der Waals surface area (Å²) in [7, 11) is 0. The number of rotatable bonds is 4. The Kier molecular flexibility index (Phi) is 4.59. The summed E-state index contributed by atoms with van der Waals surface area (Å²) in [4.78, 5) is 11.5. The first-order chi connectivity index (χ1) is 6.27. The van der Waals surface area contributed by atoms with Gasteiger partial charge in [0.2, 0.25) is 5.91 Å². The third-order valence-corrected chi connectivity index (χ3v) is 3.52. The van der Waals surface area contributed by atoms with E-state index in [2.05, 4.69) is 5.32 Å². The maximum atomic E-state index is 11.5. The summed E-state index contributed by atoms with van der Waals surface area (Å²) in [5.41, 5.74) is 0. The molecule has 0 saturated carbocycles. The Bertz CT molecular complexity index is 165. The number of thioether (sulfide) groups is 1. The average Bonchev–Trinajstić information content (AvgIpc) is 2.66. The molecule has 1 fully saturated rings. The fraction of sp³-hybridized carbons (Fsp3) is 0.889. The Morgan fingerprint density at radius 2 is 2.54 bits per heavy atom. The Hall–Kier alpha value is -0.220. The van der Waals surface area contributed by atoms with Crippen LogP contribution in [0.25, 0.3) is 0 Å². The largest absolute Gasteiger partial charge is 0.394 e. The van der Waals surface area contributed by atoms with Crippen LogP contribution in [0.1, 0.15) is 19.8 Å². The standard InChI is InChI=1S/C9H17NO2S/c1-2-8(5-11)10-9(12)7-3-4-13-6-7/h7-8,11H,2-6H2,1H3,(H,10,12). The highest BCUT2D eigenvalue weighted by Gasteiger charge is 2.24. The third kappa shape index (κ3) is 3.19. The number of hydrogen-bond acceptors (Lipinski definition) is 3. The minimum atomic E-state index is -0.0573. The normalized spacial score (nSPS) is 24.3. The van der Waals surface area contributed by atoms with Gasteiger partial charge in [-0.25, -0.2) is 0 Å². The zero-order valence-corrected chi connectivity index (χ0v) is 8.77. The van der Waals surface area contributed by atoms with E-state index in [-0.39, 0.29) is 24.5 Å². The van der Waals surface area contributed by atoms with Gasteiger partial charge in [0.25, 0.3) is 0 Å². The monoisotopic (exact) mass is 203 g/mol. The summed E-state index contributed by atoms with van der Waals surface area (Å²) in [6.45, 7) is 2.01.